The molecule has 23 heavy (non-hydrogen) atoms. The van der Waals surface area contributed by atoms with Crippen LogP contribution < -0.4 is 10.1 Å². The lowest BCUT2D eigenvalue weighted by molar-refractivity contribution is -0.117. The normalized spacial score (nSPS) is 10.4. The number of thiazole rings is 1. The van der Waals surface area contributed by atoms with Crippen molar-refractivity contribution in [1.29, 1.82) is 0 Å². The van der Waals surface area contributed by atoms with Crippen LogP contribution in [0, 0.1) is 12.7 Å². The number of hydrogen-bond acceptors (Lipinski definition) is 5. The summed E-state index contributed by atoms with van der Waals surface area (Å²) < 4.78 is 19.4. The molecular weight excluding hydrogens is 319 g/mol. The van der Waals surface area contributed by atoms with Crippen molar-refractivity contribution in [2.45, 2.75) is 33.1 Å². The minimum Gasteiger partial charge on any atom is -0.428 e. The molecule has 0 saturated carbocycles. The quantitative estimate of drug-likeness (QED) is 0.827. The molecular formula is C16H17FN2O3S. The number of rotatable bonds is 7. The molecule has 0 bridgehead atoms. The summed E-state index contributed by atoms with van der Waals surface area (Å²) in [4.78, 5) is 26.6. The van der Waals surface area contributed by atoms with Gasteiger partial charge in [-0.25, -0.2) is 9.37 Å². The first-order valence-electron chi connectivity index (χ1n) is 7.13. The molecule has 0 atom stereocenters. The molecule has 0 aliphatic rings. The van der Waals surface area contributed by atoms with E-state index in [1.54, 1.807) is 6.07 Å². The Morgan fingerprint density at radius 1 is 1.35 bits per heavy atom. The van der Waals surface area contributed by atoms with Gasteiger partial charge >= 0.3 is 0 Å². The van der Waals surface area contributed by atoms with Gasteiger partial charge in [0.2, 0.25) is 5.91 Å². The number of ketones is 1. The summed E-state index contributed by atoms with van der Waals surface area (Å²) in [7, 11) is 0. The van der Waals surface area contributed by atoms with Crippen LogP contribution in [0.15, 0.2) is 23.6 Å². The number of carbonyl (C=O) groups is 2. The van der Waals surface area contributed by atoms with Crippen molar-refractivity contribution in [1.82, 2.24) is 4.98 Å². The lowest BCUT2D eigenvalue weighted by Crippen LogP contribution is -2.11. The number of nitrogens with one attached hydrogen (secondary N) is 1. The minimum atomic E-state index is -0.584. The van der Waals surface area contributed by atoms with Gasteiger partial charge in [0.15, 0.2) is 11.6 Å². The first kappa shape index (κ1) is 17.1. The summed E-state index contributed by atoms with van der Waals surface area (Å²) in [6, 6.07) is 4.19. The zero-order valence-corrected chi connectivity index (χ0v) is 13.7. The number of aryl methyl sites for hydroxylation is 1. The summed E-state index contributed by atoms with van der Waals surface area (Å²) in [6.45, 7) is 3.31. The molecule has 0 saturated heterocycles. The van der Waals surface area contributed by atoms with Gasteiger partial charge in [0.1, 0.15) is 5.78 Å². The van der Waals surface area contributed by atoms with Crippen LogP contribution in [0.4, 0.5) is 10.1 Å². The topological polar surface area (TPSA) is 68.3 Å². The Morgan fingerprint density at radius 2 is 2.13 bits per heavy atom. The zero-order chi connectivity index (χ0) is 16.8. The maximum atomic E-state index is 14.0. The van der Waals surface area contributed by atoms with Crippen LogP contribution in [0.1, 0.15) is 31.9 Å². The third-order valence-corrected chi connectivity index (χ3v) is 3.78. The number of carbonyl (C=O) groups excluding carboxylic acids is 2. The summed E-state index contributed by atoms with van der Waals surface area (Å²) >= 11 is 1.28. The predicted octanol–water partition coefficient (Wildman–Crippen LogP) is 4.08. The van der Waals surface area contributed by atoms with E-state index in [0.29, 0.717) is 23.7 Å². The van der Waals surface area contributed by atoms with E-state index in [-0.39, 0.29) is 23.9 Å². The number of Topliss-reactive ketones (excluding diaryl/α,β-unsaturated/α-hetero) is 1. The Kier molecular flexibility index (Phi) is 5.81. The number of halogens is 1. The average molecular weight is 336 g/mol. The van der Waals surface area contributed by atoms with E-state index in [0.717, 1.165) is 5.69 Å². The molecule has 1 heterocycles. The van der Waals surface area contributed by atoms with Gasteiger partial charge in [-0.05, 0) is 32.4 Å². The van der Waals surface area contributed by atoms with E-state index in [1.165, 1.54) is 30.4 Å². The van der Waals surface area contributed by atoms with E-state index < -0.39 is 5.82 Å². The van der Waals surface area contributed by atoms with Crippen molar-refractivity contribution in [3.63, 3.8) is 0 Å². The van der Waals surface area contributed by atoms with Crippen LogP contribution in [0.25, 0.3) is 0 Å². The number of anilines is 1. The van der Waals surface area contributed by atoms with Gasteiger partial charge in [-0.15, -0.1) is 0 Å². The van der Waals surface area contributed by atoms with E-state index >= 15 is 0 Å². The molecule has 7 heteroatoms. The number of hydrogen-bond donors (Lipinski definition) is 1. The highest BCUT2D eigenvalue weighted by Gasteiger charge is 2.10. The van der Waals surface area contributed by atoms with Crippen LogP contribution in [-0.4, -0.2) is 16.7 Å². The van der Waals surface area contributed by atoms with E-state index in [9.17, 15) is 14.0 Å². The van der Waals surface area contributed by atoms with Crippen molar-refractivity contribution in [3.05, 3.63) is 35.1 Å². The molecule has 1 aromatic heterocycles. The SMILES string of the molecule is CC(=O)CCCC(=O)Nc1ccc(Oc2nc(C)cs2)c(F)c1. The number of aromatic nitrogens is 1. The van der Waals surface area contributed by atoms with E-state index in [4.69, 9.17) is 4.74 Å². The molecule has 1 aromatic carbocycles. The summed E-state index contributed by atoms with van der Waals surface area (Å²) in [5.41, 5.74) is 1.15. The summed E-state index contributed by atoms with van der Waals surface area (Å²) in [5, 5.41) is 4.76. The standard InChI is InChI=1S/C16H17FN2O3S/c1-10-9-23-16(18-10)22-14-7-6-12(8-13(14)17)19-15(21)5-3-4-11(2)20/h6-9H,3-5H2,1-2H3,(H,19,21). The smallest absolute Gasteiger partial charge is 0.278 e. The molecule has 0 radical (unpaired) electrons. The molecule has 1 amide bonds. The lowest BCUT2D eigenvalue weighted by Gasteiger charge is -2.08. The predicted molar refractivity (Wildman–Crippen MR) is 86.5 cm³/mol. The van der Waals surface area contributed by atoms with Crippen molar-refractivity contribution < 1.29 is 18.7 Å². The van der Waals surface area contributed by atoms with Crippen LogP contribution in [0.3, 0.4) is 0 Å². The highest BCUT2D eigenvalue weighted by molar-refractivity contribution is 7.11. The monoisotopic (exact) mass is 336 g/mol. The molecule has 0 unspecified atom stereocenters. The van der Waals surface area contributed by atoms with Gasteiger partial charge in [0.05, 0.1) is 5.69 Å². The van der Waals surface area contributed by atoms with Crippen molar-refractivity contribution >= 4 is 28.7 Å². The molecule has 0 fully saturated rings. The lowest BCUT2D eigenvalue weighted by atomic mass is 10.2. The second-order valence-electron chi connectivity index (χ2n) is 5.11. The second-order valence-corrected chi connectivity index (χ2v) is 5.93. The first-order valence-corrected chi connectivity index (χ1v) is 8.01. The number of amides is 1. The van der Waals surface area contributed by atoms with Crippen LogP contribution >= 0.6 is 11.3 Å². The fourth-order valence-electron chi connectivity index (χ4n) is 1.86. The highest BCUT2D eigenvalue weighted by atomic mass is 32.1. The number of ether oxygens (including phenoxy) is 1. The van der Waals surface area contributed by atoms with E-state index in [2.05, 4.69) is 10.3 Å². The maximum Gasteiger partial charge on any atom is 0.278 e. The van der Waals surface area contributed by atoms with Gasteiger partial charge in [-0.2, -0.15) is 0 Å². The molecule has 0 spiro atoms. The Balaban J connectivity index is 1.93. The fourth-order valence-corrected chi connectivity index (χ4v) is 2.51. The van der Waals surface area contributed by atoms with Crippen molar-refractivity contribution in [2.24, 2.45) is 0 Å². The second kappa shape index (κ2) is 7.82. The molecule has 1 N–H and O–H groups in total. The van der Waals surface area contributed by atoms with Gasteiger partial charge in [0, 0.05) is 30.0 Å². The third kappa shape index (κ3) is 5.45. The van der Waals surface area contributed by atoms with Gasteiger partial charge in [-0.1, -0.05) is 11.3 Å². The van der Waals surface area contributed by atoms with Gasteiger partial charge < -0.3 is 14.8 Å². The number of nitrogens with zero attached hydrogens (tertiary/aromatic N) is 1. The largest absolute Gasteiger partial charge is 0.428 e. The van der Waals surface area contributed by atoms with Crippen LogP contribution in [-0.2, 0) is 9.59 Å². The van der Waals surface area contributed by atoms with Crippen LogP contribution in [0.5, 0.6) is 10.9 Å². The first-order chi connectivity index (χ1) is 10.9. The molecule has 0 aliphatic heterocycles. The highest BCUT2D eigenvalue weighted by Crippen LogP contribution is 2.28. The molecule has 2 aromatic rings. The Labute approximate surface area is 137 Å². The summed E-state index contributed by atoms with van der Waals surface area (Å²) in [6.07, 6.45) is 1.06. The van der Waals surface area contributed by atoms with Crippen LogP contribution in [0.2, 0.25) is 0 Å². The third-order valence-electron chi connectivity index (χ3n) is 2.94. The maximum absolute atomic E-state index is 14.0. The Bertz CT molecular complexity index is 715. The zero-order valence-electron chi connectivity index (χ0n) is 12.9. The Morgan fingerprint density at radius 3 is 2.74 bits per heavy atom. The number of benzene rings is 1. The molecule has 5 nitrogen and oxygen atoms in total. The van der Waals surface area contributed by atoms with Crippen molar-refractivity contribution in [3.8, 4) is 10.9 Å². The minimum absolute atomic E-state index is 0.0442. The molecule has 2 rings (SSSR count). The van der Waals surface area contributed by atoms with Gasteiger partial charge in [0.25, 0.3) is 5.19 Å². The summed E-state index contributed by atoms with van der Waals surface area (Å²) in [5.74, 6) is -0.744. The van der Waals surface area contributed by atoms with E-state index in [1.807, 2.05) is 12.3 Å². The Hall–Kier alpha value is -2.28. The fraction of sp³-hybridized carbons (Fsp3) is 0.312. The average Bonchev–Trinajstić information content (AvgIpc) is 2.87. The van der Waals surface area contributed by atoms with Gasteiger partial charge in [-0.3, -0.25) is 4.79 Å². The molecule has 122 valence electrons. The molecule has 0 aliphatic carbocycles. The van der Waals surface area contributed by atoms with Crippen molar-refractivity contribution in [2.75, 3.05) is 5.32 Å².